The van der Waals surface area contributed by atoms with Crippen LogP contribution in [0, 0.1) is 5.92 Å². The number of anilines is 1. The van der Waals surface area contributed by atoms with Crippen LogP contribution in [-0.2, 0) is 4.79 Å². The van der Waals surface area contributed by atoms with E-state index < -0.39 is 0 Å². The summed E-state index contributed by atoms with van der Waals surface area (Å²) in [6.07, 6.45) is 7.93. The van der Waals surface area contributed by atoms with Crippen molar-refractivity contribution in [3.8, 4) is 0 Å². The van der Waals surface area contributed by atoms with Gasteiger partial charge in [0, 0.05) is 30.3 Å². The molecule has 1 aromatic rings. The van der Waals surface area contributed by atoms with E-state index in [9.17, 15) is 9.59 Å². The first-order valence-corrected chi connectivity index (χ1v) is 8.33. The molecule has 0 atom stereocenters. The molecule has 4 heteroatoms. The van der Waals surface area contributed by atoms with E-state index in [1.165, 1.54) is 19.3 Å². The largest absolute Gasteiger partial charge is 0.339 e. The smallest absolute Gasteiger partial charge is 0.253 e. The molecule has 0 aliphatic heterocycles. The molecular weight excluding hydrogens is 276 g/mol. The molecule has 0 spiro atoms. The molecule has 3 rings (SSSR count). The van der Waals surface area contributed by atoms with Gasteiger partial charge in [0.25, 0.3) is 5.91 Å². The van der Waals surface area contributed by atoms with Crippen molar-refractivity contribution < 1.29 is 9.59 Å². The first kappa shape index (κ1) is 15.1. The van der Waals surface area contributed by atoms with Crippen LogP contribution in [0.2, 0.25) is 0 Å². The van der Waals surface area contributed by atoms with Crippen LogP contribution in [0.1, 0.15) is 55.3 Å². The SMILES string of the molecule is CN(C(=O)c1ccc(NC(=O)C2CC2)cc1)C1CCCCC1. The van der Waals surface area contributed by atoms with Crippen molar-refractivity contribution in [1.82, 2.24) is 4.90 Å². The molecule has 2 aliphatic carbocycles. The number of hydrogen-bond donors (Lipinski definition) is 1. The number of hydrogen-bond acceptors (Lipinski definition) is 2. The fraction of sp³-hybridized carbons (Fsp3) is 0.556. The van der Waals surface area contributed by atoms with Crippen LogP contribution in [-0.4, -0.2) is 29.8 Å². The van der Waals surface area contributed by atoms with E-state index in [-0.39, 0.29) is 17.7 Å². The van der Waals surface area contributed by atoms with Gasteiger partial charge in [-0.1, -0.05) is 19.3 Å². The predicted octanol–water partition coefficient (Wildman–Crippen LogP) is 3.44. The molecule has 1 aromatic carbocycles. The highest BCUT2D eigenvalue weighted by molar-refractivity contribution is 5.96. The molecule has 22 heavy (non-hydrogen) atoms. The number of nitrogens with zero attached hydrogens (tertiary/aromatic N) is 1. The number of carbonyl (C=O) groups is 2. The van der Waals surface area contributed by atoms with Crippen LogP contribution in [0.5, 0.6) is 0 Å². The van der Waals surface area contributed by atoms with Gasteiger partial charge in [-0.3, -0.25) is 9.59 Å². The van der Waals surface area contributed by atoms with Crippen molar-refractivity contribution >= 4 is 17.5 Å². The van der Waals surface area contributed by atoms with Gasteiger partial charge in [-0.05, 0) is 49.9 Å². The summed E-state index contributed by atoms with van der Waals surface area (Å²) in [4.78, 5) is 26.1. The van der Waals surface area contributed by atoms with Gasteiger partial charge in [0.15, 0.2) is 0 Å². The molecule has 0 unspecified atom stereocenters. The molecule has 0 radical (unpaired) electrons. The molecule has 0 saturated heterocycles. The Labute approximate surface area is 131 Å². The molecule has 0 aromatic heterocycles. The van der Waals surface area contributed by atoms with Crippen LogP contribution < -0.4 is 5.32 Å². The Morgan fingerprint density at radius 1 is 1.00 bits per heavy atom. The lowest BCUT2D eigenvalue weighted by molar-refractivity contribution is -0.117. The van der Waals surface area contributed by atoms with E-state index in [0.29, 0.717) is 11.6 Å². The molecule has 2 saturated carbocycles. The fourth-order valence-electron chi connectivity index (χ4n) is 3.12. The lowest BCUT2D eigenvalue weighted by Gasteiger charge is -2.31. The second-order valence-electron chi connectivity index (χ2n) is 6.55. The van der Waals surface area contributed by atoms with E-state index in [1.807, 2.05) is 36.2 Å². The minimum absolute atomic E-state index is 0.0759. The van der Waals surface area contributed by atoms with Crippen LogP contribution in [0.25, 0.3) is 0 Å². The summed E-state index contributed by atoms with van der Waals surface area (Å²) >= 11 is 0. The molecule has 4 nitrogen and oxygen atoms in total. The third-order valence-corrected chi connectivity index (χ3v) is 4.79. The highest BCUT2D eigenvalue weighted by Crippen LogP contribution is 2.30. The van der Waals surface area contributed by atoms with E-state index in [4.69, 9.17) is 0 Å². The summed E-state index contributed by atoms with van der Waals surface area (Å²) < 4.78 is 0. The normalized spacial score (nSPS) is 18.8. The zero-order valence-electron chi connectivity index (χ0n) is 13.2. The van der Waals surface area contributed by atoms with E-state index >= 15 is 0 Å². The maximum absolute atomic E-state index is 12.5. The van der Waals surface area contributed by atoms with Gasteiger partial charge < -0.3 is 10.2 Å². The third kappa shape index (κ3) is 3.49. The zero-order valence-corrected chi connectivity index (χ0v) is 13.2. The molecule has 2 amide bonds. The average Bonchev–Trinajstić information content (AvgIpc) is 3.40. The zero-order chi connectivity index (χ0) is 15.5. The Balaban J connectivity index is 1.61. The van der Waals surface area contributed by atoms with Gasteiger partial charge in [0.05, 0.1) is 0 Å². The molecule has 0 heterocycles. The highest BCUT2D eigenvalue weighted by atomic mass is 16.2. The molecular formula is C18H24N2O2. The Morgan fingerprint density at radius 2 is 1.64 bits per heavy atom. The van der Waals surface area contributed by atoms with E-state index in [0.717, 1.165) is 31.4 Å². The van der Waals surface area contributed by atoms with Gasteiger partial charge in [0.1, 0.15) is 0 Å². The maximum atomic E-state index is 12.5. The molecule has 0 bridgehead atoms. The van der Waals surface area contributed by atoms with Crippen LogP contribution in [0.3, 0.4) is 0 Å². The monoisotopic (exact) mass is 300 g/mol. The van der Waals surface area contributed by atoms with Gasteiger partial charge >= 0.3 is 0 Å². The highest BCUT2D eigenvalue weighted by Gasteiger charge is 2.29. The van der Waals surface area contributed by atoms with Gasteiger partial charge in [0.2, 0.25) is 5.91 Å². The number of carbonyl (C=O) groups excluding carboxylic acids is 2. The standard InChI is InChI=1S/C18H24N2O2/c1-20(16-5-3-2-4-6-16)18(22)14-9-11-15(12-10-14)19-17(21)13-7-8-13/h9-13,16H,2-8H2,1H3,(H,19,21). The summed E-state index contributed by atoms with van der Waals surface area (Å²) in [7, 11) is 1.90. The van der Waals surface area contributed by atoms with Crippen LogP contribution in [0.15, 0.2) is 24.3 Å². The molecule has 2 aliphatic rings. The topological polar surface area (TPSA) is 49.4 Å². The number of nitrogens with one attached hydrogen (secondary N) is 1. The predicted molar refractivity (Wildman–Crippen MR) is 86.8 cm³/mol. The molecule has 118 valence electrons. The number of rotatable bonds is 4. The van der Waals surface area contributed by atoms with Crippen molar-refractivity contribution in [2.45, 2.75) is 51.0 Å². The lowest BCUT2D eigenvalue weighted by Crippen LogP contribution is -2.38. The number of benzene rings is 1. The minimum atomic E-state index is 0.0759. The van der Waals surface area contributed by atoms with Crippen molar-refractivity contribution in [3.63, 3.8) is 0 Å². The van der Waals surface area contributed by atoms with Crippen LogP contribution in [0.4, 0.5) is 5.69 Å². The summed E-state index contributed by atoms with van der Waals surface area (Å²) in [6, 6.07) is 7.63. The van der Waals surface area contributed by atoms with Gasteiger partial charge in [-0.15, -0.1) is 0 Å². The van der Waals surface area contributed by atoms with Crippen molar-refractivity contribution in [2.75, 3.05) is 12.4 Å². The second kappa shape index (κ2) is 6.51. The maximum Gasteiger partial charge on any atom is 0.253 e. The van der Waals surface area contributed by atoms with Gasteiger partial charge in [-0.25, -0.2) is 0 Å². The quantitative estimate of drug-likeness (QED) is 0.926. The van der Waals surface area contributed by atoms with Crippen molar-refractivity contribution in [1.29, 1.82) is 0 Å². The Morgan fingerprint density at radius 3 is 2.23 bits per heavy atom. The van der Waals surface area contributed by atoms with Crippen LogP contribution >= 0.6 is 0 Å². The summed E-state index contributed by atoms with van der Waals surface area (Å²) in [5, 5.41) is 2.90. The lowest BCUT2D eigenvalue weighted by atomic mass is 9.94. The second-order valence-corrected chi connectivity index (χ2v) is 6.55. The summed E-state index contributed by atoms with van der Waals surface area (Å²) in [6.45, 7) is 0. The Hall–Kier alpha value is -1.84. The van der Waals surface area contributed by atoms with E-state index in [1.54, 1.807) is 0 Å². The Kier molecular flexibility index (Phi) is 4.46. The number of amides is 2. The summed E-state index contributed by atoms with van der Waals surface area (Å²) in [5.74, 6) is 0.365. The summed E-state index contributed by atoms with van der Waals surface area (Å²) in [5.41, 5.74) is 1.46. The Bertz CT molecular complexity index is 543. The fourth-order valence-corrected chi connectivity index (χ4v) is 3.12. The van der Waals surface area contributed by atoms with Crippen molar-refractivity contribution in [2.24, 2.45) is 5.92 Å². The first-order valence-electron chi connectivity index (χ1n) is 8.33. The average molecular weight is 300 g/mol. The molecule has 1 N–H and O–H groups in total. The van der Waals surface area contributed by atoms with Crippen molar-refractivity contribution in [3.05, 3.63) is 29.8 Å². The third-order valence-electron chi connectivity index (χ3n) is 4.79. The van der Waals surface area contributed by atoms with Gasteiger partial charge in [-0.2, -0.15) is 0 Å². The minimum Gasteiger partial charge on any atom is -0.339 e. The first-order chi connectivity index (χ1) is 10.6. The van der Waals surface area contributed by atoms with E-state index in [2.05, 4.69) is 5.32 Å². The molecule has 2 fully saturated rings.